The molecule has 1 aliphatic heterocycles. The summed E-state index contributed by atoms with van der Waals surface area (Å²) < 4.78 is 1.24. The summed E-state index contributed by atoms with van der Waals surface area (Å²) in [6, 6.07) is 26.8. The Hall–Kier alpha value is -4.45. The summed E-state index contributed by atoms with van der Waals surface area (Å²) in [5.74, 6) is -1.25. The van der Waals surface area contributed by atoms with Crippen molar-refractivity contribution >= 4 is 17.6 Å². The smallest absolute Gasteiger partial charge is 0.262 e. The molecule has 0 aliphatic carbocycles. The monoisotopic (exact) mass is 407 g/mol. The number of aromatic nitrogens is 1. The Morgan fingerprint density at radius 3 is 1.74 bits per heavy atom. The summed E-state index contributed by atoms with van der Waals surface area (Å²) in [7, 11) is 0. The molecule has 0 atom stereocenters. The van der Waals surface area contributed by atoms with Crippen LogP contribution in [-0.4, -0.2) is 16.4 Å². The van der Waals surface area contributed by atoms with Crippen LogP contribution in [0.4, 0.5) is 5.82 Å². The maximum Gasteiger partial charge on any atom is 0.262 e. The van der Waals surface area contributed by atoms with Gasteiger partial charge in [-0.05, 0) is 34.4 Å². The van der Waals surface area contributed by atoms with E-state index in [9.17, 15) is 14.4 Å². The SMILES string of the molecule is Nc1c2c(cc(=O)n1-c1ccc(-c3ccc(-c4ccccc4)cc3)cc1)C(=O)NC2=O. The molecular formula is C25H17N3O3. The fourth-order valence-corrected chi connectivity index (χ4v) is 3.83. The number of rotatable bonds is 3. The molecule has 3 aromatic carbocycles. The van der Waals surface area contributed by atoms with Crippen LogP contribution < -0.4 is 16.6 Å². The first-order valence-electron chi connectivity index (χ1n) is 9.70. The summed E-state index contributed by atoms with van der Waals surface area (Å²) in [6.07, 6.45) is 0. The lowest BCUT2D eigenvalue weighted by Gasteiger charge is -2.12. The van der Waals surface area contributed by atoms with Gasteiger partial charge < -0.3 is 5.73 Å². The topological polar surface area (TPSA) is 94.2 Å². The average molecular weight is 407 g/mol. The first kappa shape index (κ1) is 18.6. The molecule has 3 N–H and O–H groups in total. The third-order valence-corrected chi connectivity index (χ3v) is 5.40. The molecule has 2 amide bonds. The molecule has 0 saturated heterocycles. The number of nitrogens with one attached hydrogen (secondary N) is 1. The Morgan fingerprint density at radius 2 is 1.16 bits per heavy atom. The van der Waals surface area contributed by atoms with Crippen molar-refractivity contribution in [1.29, 1.82) is 0 Å². The number of nitrogens with two attached hydrogens (primary N) is 1. The first-order chi connectivity index (χ1) is 15.0. The second kappa shape index (κ2) is 7.11. The maximum absolute atomic E-state index is 12.6. The van der Waals surface area contributed by atoms with E-state index in [1.54, 1.807) is 12.1 Å². The molecule has 1 aromatic heterocycles. The number of nitrogens with zero attached hydrogens (tertiary/aromatic N) is 1. The molecule has 6 nitrogen and oxygen atoms in total. The van der Waals surface area contributed by atoms with Crippen LogP contribution in [0.25, 0.3) is 27.9 Å². The summed E-state index contributed by atoms with van der Waals surface area (Å²) in [5.41, 5.74) is 10.5. The maximum atomic E-state index is 12.6. The number of carbonyl (C=O) groups is 2. The van der Waals surface area contributed by atoms with Crippen LogP contribution >= 0.6 is 0 Å². The molecule has 1 aliphatic rings. The first-order valence-corrected chi connectivity index (χ1v) is 9.70. The Kier molecular flexibility index (Phi) is 4.26. The zero-order valence-corrected chi connectivity index (χ0v) is 16.3. The number of carbonyl (C=O) groups excluding carboxylic acids is 2. The minimum atomic E-state index is -0.606. The van der Waals surface area contributed by atoms with E-state index in [1.165, 1.54) is 4.57 Å². The number of benzene rings is 3. The van der Waals surface area contributed by atoms with E-state index in [1.807, 2.05) is 42.5 Å². The van der Waals surface area contributed by atoms with Gasteiger partial charge in [0.05, 0.1) is 16.8 Å². The molecule has 5 rings (SSSR count). The second-order valence-electron chi connectivity index (χ2n) is 7.27. The number of hydrogen-bond acceptors (Lipinski definition) is 4. The molecular weight excluding hydrogens is 390 g/mol. The van der Waals surface area contributed by atoms with Crippen molar-refractivity contribution in [2.75, 3.05) is 5.73 Å². The molecule has 0 bridgehead atoms. The Morgan fingerprint density at radius 1 is 0.645 bits per heavy atom. The summed E-state index contributed by atoms with van der Waals surface area (Å²) >= 11 is 0. The van der Waals surface area contributed by atoms with Crippen molar-refractivity contribution in [3.63, 3.8) is 0 Å². The Balaban J connectivity index is 1.49. The quantitative estimate of drug-likeness (QED) is 0.507. The van der Waals surface area contributed by atoms with Crippen LogP contribution in [0.5, 0.6) is 0 Å². The number of pyridine rings is 1. The largest absolute Gasteiger partial charge is 0.384 e. The molecule has 0 fully saturated rings. The van der Waals surface area contributed by atoms with Crippen LogP contribution in [0.15, 0.2) is 89.7 Å². The number of imide groups is 1. The zero-order valence-electron chi connectivity index (χ0n) is 16.3. The molecule has 150 valence electrons. The van der Waals surface area contributed by atoms with Gasteiger partial charge in [0.15, 0.2) is 0 Å². The van der Waals surface area contributed by atoms with Gasteiger partial charge in [0.1, 0.15) is 5.82 Å². The van der Waals surface area contributed by atoms with Crippen LogP contribution in [0.3, 0.4) is 0 Å². The van der Waals surface area contributed by atoms with Gasteiger partial charge in [-0.25, -0.2) is 0 Å². The highest BCUT2D eigenvalue weighted by molar-refractivity contribution is 6.23. The van der Waals surface area contributed by atoms with E-state index in [-0.39, 0.29) is 16.9 Å². The van der Waals surface area contributed by atoms with Gasteiger partial charge in [-0.15, -0.1) is 0 Å². The standard InChI is InChI=1S/C25H17N3O3/c26-23-22-20(24(30)27-25(22)31)14-21(29)28(23)19-12-10-18(11-13-19)17-8-6-16(7-9-17)15-4-2-1-3-5-15/h1-14H,26H2,(H,27,30,31). The second-order valence-corrected chi connectivity index (χ2v) is 7.27. The molecule has 4 aromatic rings. The van der Waals surface area contributed by atoms with E-state index in [2.05, 4.69) is 29.6 Å². The molecule has 0 saturated carbocycles. The summed E-state index contributed by atoms with van der Waals surface area (Å²) in [5, 5.41) is 2.17. The Bertz CT molecular complexity index is 1390. The summed E-state index contributed by atoms with van der Waals surface area (Å²) in [4.78, 5) is 36.4. The lowest BCUT2D eigenvalue weighted by Crippen LogP contribution is -2.24. The van der Waals surface area contributed by atoms with Crippen molar-refractivity contribution in [1.82, 2.24) is 9.88 Å². The molecule has 0 unspecified atom stereocenters. The van der Waals surface area contributed by atoms with Crippen molar-refractivity contribution < 1.29 is 9.59 Å². The van der Waals surface area contributed by atoms with E-state index in [0.717, 1.165) is 28.3 Å². The van der Waals surface area contributed by atoms with Gasteiger partial charge in [-0.2, -0.15) is 0 Å². The van der Waals surface area contributed by atoms with Gasteiger partial charge in [-0.1, -0.05) is 66.7 Å². The third-order valence-electron chi connectivity index (χ3n) is 5.40. The number of anilines is 1. The predicted molar refractivity (Wildman–Crippen MR) is 119 cm³/mol. The number of nitrogen functional groups attached to an aromatic ring is 1. The third kappa shape index (κ3) is 3.11. The van der Waals surface area contributed by atoms with Crippen LogP contribution in [0, 0.1) is 0 Å². The highest BCUT2D eigenvalue weighted by Crippen LogP contribution is 2.27. The fraction of sp³-hybridized carbons (Fsp3) is 0. The lowest BCUT2D eigenvalue weighted by molar-refractivity contribution is 0.0880. The molecule has 6 heteroatoms. The van der Waals surface area contributed by atoms with E-state index in [0.29, 0.717) is 5.69 Å². The van der Waals surface area contributed by atoms with Gasteiger partial charge in [0.25, 0.3) is 17.4 Å². The fourth-order valence-electron chi connectivity index (χ4n) is 3.83. The lowest BCUT2D eigenvalue weighted by atomic mass is 10.0. The highest BCUT2D eigenvalue weighted by Gasteiger charge is 2.31. The van der Waals surface area contributed by atoms with E-state index in [4.69, 9.17) is 5.73 Å². The van der Waals surface area contributed by atoms with Crippen LogP contribution in [-0.2, 0) is 0 Å². The van der Waals surface area contributed by atoms with Crippen LogP contribution in [0.1, 0.15) is 20.7 Å². The van der Waals surface area contributed by atoms with E-state index >= 15 is 0 Å². The highest BCUT2D eigenvalue weighted by atomic mass is 16.2. The van der Waals surface area contributed by atoms with Crippen molar-refractivity contribution in [2.45, 2.75) is 0 Å². The molecule has 2 heterocycles. The number of hydrogen-bond donors (Lipinski definition) is 2. The van der Waals surface area contributed by atoms with Crippen LogP contribution in [0.2, 0.25) is 0 Å². The number of amides is 2. The minimum absolute atomic E-state index is 0.0128. The average Bonchev–Trinajstić information content (AvgIpc) is 3.08. The number of fused-ring (bicyclic) bond motifs is 1. The van der Waals surface area contributed by atoms with E-state index < -0.39 is 17.4 Å². The van der Waals surface area contributed by atoms with Gasteiger partial charge in [-0.3, -0.25) is 24.3 Å². The van der Waals surface area contributed by atoms with Crippen molar-refractivity contribution in [2.24, 2.45) is 0 Å². The molecule has 0 radical (unpaired) electrons. The zero-order chi connectivity index (χ0) is 21.5. The van der Waals surface area contributed by atoms with Gasteiger partial charge in [0.2, 0.25) is 0 Å². The van der Waals surface area contributed by atoms with Gasteiger partial charge >= 0.3 is 0 Å². The minimum Gasteiger partial charge on any atom is -0.384 e. The van der Waals surface area contributed by atoms with Crippen molar-refractivity contribution in [3.05, 3.63) is 106 Å². The Labute approximate surface area is 177 Å². The predicted octanol–water partition coefficient (Wildman–Crippen LogP) is 3.64. The normalized spacial score (nSPS) is 12.5. The summed E-state index contributed by atoms with van der Waals surface area (Å²) in [6.45, 7) is 0. The molecule has 0 spiro atoms. The van der Waals surface area contributed by atoms with Crippen molar-refractivity contribution in [3.8, 4) is 27.9 Å². The molecule has 31 heavy (non-hydrogen) atoms. The van der Waals surface area contributed by atoms with Gasteiger partial charge in [0, 0.05) is 6.07 Å².